The molecule has 0 unspecified atom stereocenters. The average Bonchev–Trinajstić information content (AvgIpc) is 2.93. The van der Waals surface area contributed by atoms with E-state index in [2.05, 4.69) is 11.7 Å². The van der Waals surface area contributed by atoms with Crippen LogP contribution in [0.15, 0.2) is 41.9 Å². The molecule has 0 spiro atoms. The molecule has 1 heterocycles. The lowest BCUT2D eigenvalue weighted by Gasteiger charge is -2.12. The van der Waals surface area contributed by atoms with Crippen molar-refractivity contribution in [2.24, 2.45) is 0 Å². The molecule has 0 atom stereocenters. The molecule has 1 aromatic carbocycles. The summed E-state index contributed by atoms with van der Waals surface area (Å²) in [6, 6.07) is 5.76. The van der Waals surface area contributed by atoms with Gasteiger partial charge in [0.05, 0.1) is 5.56 Å². The molecule has 1 N–H and O–H groups in total. The van der Waals surface area contributed by atoms with Crippen molar-refractivity contribution in [3.8, 4) is 5.88 Å². The summed E-state index contributed by atoms with van der Waals surface area (Å²) in [5.41, 5.74) is 0.113. The zero-order valence-corrected chi connectivity index (χ0v) is 12.1. The second-order valence-electron chi connectivity index (χ2n) is 4.07. The highest BCUT2D eigenvalue weighted by Crippen LogP contribution is 2.31. The number of thioether (sulfide) groups is 1. The van der Waals surface area contributed by atoms with Crippen LogP contribution < -0.4 is 4.74 Å². The number of aromatic carboxylic acids is 1. The number of halogens is 2. The van der Waals surface area contributed by atoms with Crippen LogP contribution in [-0.4, -0.2) is 26.6 Å². The van der Waals surface area contributed by atoms with Crippen LogP contribution in [0.4, 0.5) is 8.78 Å². The van der Waals surface area contributed by atoms with E-state index in [1.54, 1.807) is 12.3 Å². The minimum atomic E-state index is -2.65. The molecule has 5 nitrogen and oxygen atoms in total. The third-order valence-electron chi connectivity index (χ3n) is 2.71. The summed E-state index contributed by atoms with van der Waals surface area (Å²) in [6.07, 6.45) is 3.05. The quantitative estimate of drug-likeness (QED) is 0.788. The molecule has 0 saturated carbocycles. The molecule has 0 radical (unpaired) electrons. The molecule has 8 heteroatoms. The van der Waals surface area contributed by atoms with E-state index in [1.165, 1.54) is 29.1 Å². The van der Waals surface area contributed by atoms with Gasteiger partial charge < -0.3 is 9.84 Å². The molecule has 0 bridgehead atoms. The number of aromatic nitrogens is 2. The number of carbonyl (C=O) groups is 1. The lowest BCUT2D eigenvalue weighted by molar-refractivity contribution is 0.0693. The first-order valence-corrected chi connectivity index (χ1v) is 6.99. The predicted octanol–water partition coefficient (Wildman–Crippen LogP) is 3.58. The molecule has 0 aliphatic rings. The molecule has 2 aromatic rings. The van der Waals surface area contributed by atoms with Crippen molar-refractivity contribution >= 4 is 23.9 Å². The van der Waals surface area contributed by atoms with Gasteiger partial charge in [0.15, 0.2) is 0 Å². The summed E-state index contributed by atoms with van der Waals surface area (Å²) < 4.78 is 32.0. The van der Waals surface area contributed by atoms with Gasteiger partial charge in [0, 0.05) is 28.9 Å². The van der Waals surface area contributed by atoms with Crippen molar-refractivity contribution < 1.29 is 23.4 Å². The highest BCUT2D eigenvalue weighted by Gasteiger charge is 2.18. The summed E-state index contributed by atoms with van der Waals surface area (Å²) in [7, 11) is 0. The van der Waals surface area contributed by atoms with Gasteiger partial charge in [-0.25, -0.2) is 9.48 Å². The molecule has 0 amide bonds. The fraction of sp³-hybridized carbons (Fsp3) is 0.143. The van der Waals surface area contributed by atoms with Gasteiger partial charge in [0.1, 0.15) is 6.61 Å². The van der Waals surface area contributed by atoms with Gasteiger partial charge in [-0.15, -0.1) is 5.10 Å². The van der Waals surface area contributed by atoms with E-state index in [4.69, 9.17) is 4.74 Å². The van der Waals surface area contributed by atoms with Crippen molar-refractivity contribution in [2.45, 2.75) is 17.3 Å². The number of hydrogen-bond donors (Lipinski definition) is 1. The molecule has 0 fully saturated rings. The fourth-order valence-electron chi connectivity index (χ4n) is 1.77. The van der Waals surface area contributed by atoms with Crippen molar-refractivity contribution in [3.63, 3.8) is 0 Å². The highest BCUT2D eigenvalue weighted by molar-refractivity contribution is 7.99. The zero-order valence-electron chi connectivity index (χ0n) is 11.3. The maximum atomic E-state index is 12.6. The number of ether oxygens (including phenoxy) is 1. The third-order valence-corrected chi connectivity index (χ3v) is 3.53. The summed E-state index contributed by atoms with van der Waals surface area (Å²) in [6.45, 7) is 3.35. The second-order valence-corrected chi connectivity index (χ2v) is 5.10. The van der Waals surface area contributed by atoms with Crippen LogP contribution in [-0.2, 0) is 6.61 Å². The van der Waals surface area contributed by atoms with E-state index in [1.807, 2.05) is 0 Å². The smallest absolute Gasteiger partial charge is 0.336 e. The van der Waals surface area contributed by atoms with E-state index < -0.39 is 11.7 Å². The molecule has 22 heavy (non-hydrogen) atoms. The molecule has 0 saturated heterocycles. The van der Waals surface area contributed by atoms with Gasteiger partial charge in [-0.05, 0) is 12.1 Å². The number of rotatable bonds is 7. The van der Waals surface area contributed by atoms with Crippen LogP contribution in [0.5, 0.6) is 5.88 Å². The zero-order chi connectivity index (χ0) is 16.1. The fourth-order valence-corrected chi connectivity index (χ4v) is 2.43. The second kappa shape index (κ2) is 7.08. The van der Waals surface area contributed by atoms with Gasteiger partial charge in [-0.2, -0.15) is 8.78 Å². The molecule has 2 rings (SSSR count). The van der Waals surface area contributed by atoms with E-state index in [0.717, 1.165) is 0 Å². The molecule has 0 aliphatic carbocycles. The minimum Gasteiger partial charge on any atom is -0.478 e. The first-order valence-electron chi connectivity index (χ1n) is 6.11. The number of benzene rings is 1. The molecule has 1 aromatic heterocycles. The lowest BCUT2D eigenvalue weighted by Crippen LogP contribution is -2.08. The highest BCUT2D eigenvalue weighted by atomic mass is 32.2. The van der Waals surface area contributed by atoms with Crippen molar-refractivity contribution in [1.82, 2.24) is 9.78 Å². The van der Waals surface area contributed by atoms with Crippen molar-refractivity contribution in [3.05, 3.63) is 48.2 Å². The van der Waals surface area contributed by atoms with Crippen molar-refractivity contribution in [1.29, 1.82) is 0 Å². The Morgan fingerprint density at radius 3 is 2.86 bits per heavy atom. The van der Waals surface area contributed by atoms with Gasteiger partial charge in [0.25, 0.3) is 5.76 Å². The first-order chi connectivity index (χ1) is 10.5. The number of nitrogens with zero attached hydrogens (tertiary/aromatic N) is 2. The van der Waals surface area contributed by atoms with Crippen LogP contribution in [0.1, 0.15) is 15.9 Å². The molecular weight excluding hydrogens is 314 g/mol. The number of hydrogen-bond acceptors (Lipinski definition) is 4. The largest absolute Gasteiger partial charge is 0.478 e. The Labute approximate surface area is 129 Å². The normalized spacial score (nSPS) is 10.7. The monoisotopic (exact) mass is 326 g/mol. The van der Waals surface area contributed by atoms with Gasteiger partial charge >= 0.3 is 5.97 Å². The summed E-state index contributed by atoms with van der Waals surface area (Å²) >= 11 is 0.283. The Morgan fingerprint density at radius 1 is 1.50 bits per heavy atom. The van der Waals surface area contributed by atoms with Gasteiger partial charge in [-0.1, -0.05) is 24.4 Å². The molecule has 0 aliphatic heterocycles. The Balaban J connectivity index is 2.26. The Bertz CT molecular complexity index is 688. The van der Waals surface area contributed by atoms with E-state index in [-0.39, 0.29) is 40.3 Å². The maximum absolute atomic E-state index is 12.6. The van der Waals surface area contributed by atoms with Crippen LogP contribution in [0.25, 0.3) is 6.20 Å². The number of carboxylic acids is 1. The summed E-state index contributed by atoms with van der Waals surface area (Å²) in [5.74, 6) is -3.61. The SMILES string of the molecule is C=Cn1ccc(OCc2c(SC(F)F)cccc2C(=O)O)n1. The Hall–Kier alpha value is -2.35. The summed E-state index contributed by atoms with van der Waals surface area (Å²) in [5, 5.41) is 13.2. The Morgan fingerprint density at radius 2 is 2.27 bits per heavy atom. The molecular formula is C14H12F2N2O3S. The van der Waals surface area contributed by atoms with Crippen LogP contribution in [0.3, 0.4) is 0 Å². The van der Waals surface area contributed by atoms with Crippen molar-refractivity contribution in [2.75, 3.05) is 0 Å². The Kier molecular flexibility index (Phi) is 5.16. The van der Waals surface area contributed by atoms with E-state index in [9.17, 15) is 18.7 Å². The maximum Gasteiger partial charge on any atom is 0.336 e. The minimum absolute atomic E-state index is 0.0752. The standard InChI is InChI=1S/C14H12F2N2O3S/c1-2-18-7-6-12(17-18)21-8-10-9(13(19)20)4-3-5-11(10)22-14(15)16/h2-7,14H,1,8H2,(H,19,20). The van der Waals surface area contributed by atoms with Crippen LogP contribution >= 0.6 is 11.8 Å². The van der Waals surface area contributed by atoms with E-state index >= 15 is 0 Å². The number of alkyl halides is 2. The average molecular weight is 326 g/mol. The summed E-state index contributed by atoms with van der Waals surface area (Å²) in [4.78, 5) is 11.4. The first kappa shape index (κ1) is 16.0. The lowest BCUT2D eigenvalue weighted by atomic mass is 10.1. The topological polar surface area (TPSA) is 64.3 Å². The molecule has 116 valence electrons. The number of carboxylic acid groups (broad SMARTS) is 1. The predicted molar refractivity (Wildman–Crippen MR) is 78.2 cm³/mol. The van der Waals surface area contributed by atoms with Crippen LogP contribution in [0.2, 0.25) is 0 Å². The van der Waals surface area contributed by atoms with Gasteiger partial charge in [-0.3, -0.25) is 0 Å². The van der Waals surface area contributed by atoms with Crippen LogP contribution in [0, 0.1) is 0 Å². The van der Waals surface area contributed by atoms with Gasteiger partial charge in [0.2, 0.25) is 5.88 Å². The third kappa shape index (κ3) is 3.85. The van der Waals surface area contributed by atoms with E-state index in [0.29, 0.717) is 0 Å².